The Morgan fingerprint density at radius 1 is 1.00 bits per heavy atom. The van der Waals surface area contributed by atoms with Gasteiger partial charge in [0, 0.05) is 11.6 Å². The number of fused-ring (bicyclic) bond motifs is 1. The van der Waals surface area contributed by atoms with Gasteiger partial charge in [-0.25, -0.2) is 0 Å². The van der Waals surface area contributed by atoms with Gasteiger partial charge in [0.15, 0.2) is 0 Å². The zero-order valence-corrected chi connectivity index (χ0v) is 15.5. The Kier molecular flexibility index (Phi) is 5.67. The molecule has 0 aliphatic rings. The summed E-state index contributed by atoms with van der Waals surface area (Å²) in [5.41, 5.74) is 2.09. The van der Waals surface area contributed by atoms with Crippen LogP contribution in [0, 0.1) is 0 Å². The monoisotopic (exact) mass is 346 g/mol. The molecule has 1 heterocycles. The Balaban J connectivity index is 1.92. The Labute approximate surface area is 155 Å². The highest BCUT2D eigenvalue weighted by atomic mass is 16.2. The van der Waals surface area contributed by atoms with Crippen LogP contribution < -0.4 is 5.32 Å². The lowest BCUT2D eigenvalue weighted by atomic mass is 9.77. The number of nitrogens with zero attached hydrogens (tertiary/aromatic N) is 1. The molecule has 0 radical (unpaired) electrons. The van der Waals surface area contributed by atoms with Gasteiger partial charge in [0.2, 0.25) is 5.91 Å². The summed E-state index contributed by atoms with van der Waals surface area (Å²) in [6.07, 6.45) is 5.89. The normalized spacial score (nSPS) is 13.3. The standard InChI is InChI=1S/C23H26N2O/c1-3-4-8-16-23(2,19-13-6-5-7-14-19)22(26)25-20-15-9-11-18-12-10-17-24-21(18)20/h5-7,9-15,17H,3-4,8,16H2,1-2H3,(H,25,26). The predicted octanol–water partition coefficient (Wildman–Crippen LogP) is 5.71. The summed E-state index contributed by atoms with van der Waals surface area (Å²) in [4.78, 5) is 17.8. The van der Waals surface area contributed by atoms with E-state index in [0.29, 0.717) is 0 Å². The SMILES string of the molecule is CCCCCC(C)(C(=O)Nc1cccc2cccnc12)c1ccccc1. The number of pyridine rings is 1. The number of carbonyl (C=O) groups is 1. The molecule has 1 unspecified atom stereocenters. The van der Waals surface area contributed by atoms with Crippen molar-refractivity contribution in [1.29, 1.82) is 0 Å². The maximum absolute atomic E-state index is 13.3. The van der Waals surface area contributed by atoms with E-state index in [1.165, 1.54) is 0 Å². The maximum atomic E-state index is 13.3. The van der Waals surface area contributed by atoms with Crippen LogP contribution in [0.25, 0.3) is 10.9 Å². The third-order valence-electron chi connectivity index (χ3n) is 5.07. The van der Waals surface area contributed by atoms with Crippen molar-refractivity contribution in [1.82, 2.24) is 4.98 Å². The van der Waals surface area contributed by atoms with Crippen molar-refractivity contribution in [3.05, 3.63) is 72.4 Å². The highest BCUT2D eigenvalue weighted by Crippen LogP contribution is 2.32. The first-order chi connectivity index (χ1) is 12.6. The first-order valence-corrected chi connectivity index (χ1v) is 9.36. The van der Waals surface area contributed by atoms with Crippen LogP contribution in [0.5, 0.6) is 0 Å². The lowest BCUT2D eigenvalue weighted by Crippen LogP contribution is -2.37. The van der Waals surface area contributed by atoms with Crippen LogP contribution in [0.2, 0.25) is 0 Å². The molecule has 2 aromatic carbocycles. The van der Waals surface area contributed by atoms with E-state index in [0.717, 1.165) is 47.8 Å². The van der Waals surface area contributed by atoms with Crippen LogP contribution in [-0.2, 0) is 10.2 Å². The number of amides is 1. The molecule has 0 saturated heterocycles. The van der Waals surface area contributed by atoms with Crippen LogP contribution in [0.3, 0.4) is 0 Å². The molecule has 0 saturated carbocycles. The number of hydrogen-bond acceptors (Lipinski definition) is 2. The zero-order valence-electron chi connectivity index (χ0n) is 15.5. The summed E-state index contributed by atoms with van der Waals surface area (Å²) >= 11 is 0. The molecule has 0 spiro atoms. The third kappa shape index (κ3) is 3.77. The van der Waals surface area contributed by atoms with Gasteiger partial charge in [-0.15, -0.1) is 0 Å². The van der Waals surface area contributed by atoms with Crippen molar-refractivity contribution < 1.29 is 4.79 Å². The largest absolute Gasteiger partial charge is 0.323 e. The fraction of sp³-hybridized carbons (Fsp3) is 0.304. The second-order valence-electron chi connectivity index (χ2n) is 6.99. The molecule has 0 aliphatic heterocycles. The highest BCUT2D eigenvalue weighted by molar-refractivity contribution is 6.04. The van der Waals surface area contributed by atoms with Gasteiger partial charge >= 0.3 is 0 Å². The van der Waals surface area contributed by atoms with E-state index in [2.05, 4.69) is 17.2 Å². The molecule has 3 nitrogen and oxygen atoms in total. The minimum atomic E-state index is -0.562. The third-order valence-corrected chi connectivity index (χ3v) is 5.07. The number of nitrogens with one attached hydrogen (secondary N) is 1. The van der Waals surface area contributed by atoms with E-state index in [1.807, 2.05) is 67.6 Å². The smallest absolute Gasteiger partial charge is 0.234 e. The Morgan fingerprint density at radius 2 is 1.77 bits per heavy atom. The van der Waals surface area contributed by atoms with Crippen LogP contribution >= 0.6 is 0 Å². The molecule has 1 N–H and O–H groups in total. The second kappa shape index (κ2) is 8.13. The van der Waals surface area contributed by atoms with Crippen molar-refractivity contribution in [3.63, 3.8) is 0 Å². The van der Waals surface area contributed by atoms with Crippen molar-refractivity contribution in [2.75, 3.05) is 5.32 Å². The molecule has 3 heteroatoms. The van der Waals surface area contributed by atoms with Crippen LogP contribution in [0.1, 0.15) is 45.1 Å². The number of rotatable bonds is 7. The quantitative estimate of drug-likeness (QED) is 0.557. The van der Waals surface area contributed by atoms with E-state index in [9.17, 15) is 4.79 Å². The molecular weight excluding hydrogens is 320 g/mol. The average molecular weight is 346 g/mol. The summed E-state index contributed by atoms with van der Waals surface area (Å²) in [6.45, 7) is 4.23. The van der Waals surface area contributed by atoms with E-state index in [-0.39, 0.29) is 5.91 Å². The van der Waals surface area contributed by atoms with Gasteiger partial charge in [0.05, 0.1) is 16.6 Å². The number of hydrogen-bond donors (Lipinski definition) is 1. The number of carbonyl (C=O) groups excluding carboxylic acids is 1. The second-order valence-corrected chi connectivity index (χ2v) is 6.99. The molecule has 0 fully saturated rings. The van der Waals surface area contributed by atoms with Gasteiger partial charge < -0.3 is 5.32 Å². The van der Waals surface area contributed by atoms with E-state index in [1.54, 1.807) is 6.20 Å². The molecule has 134 valence electrons. The Morgan fingerprint density at radius 3 is 2.54 bits per heavy atom. The Bertz CT molecular complexity index is 870. The van der Waals surface area contributed by atoms with Crippen molar-refractivity contribution in [3.8, 4) is 0 Å². The first-order valence-electron chi connectivity index (χ1n) is 9.36. The molecule has 0 aliphatic carbocycles. The van der Waals surface area contributed by atoms with E-state index in [4.69, 9.17) is 0 Å². The summed E-state index contributed by atoms with van der Waals surface area (Å²) in [7, 11) is 0. The van der Waals surface area contributed by atoms with E-state index < -0.39 is 5.41 Å². The number of para-hydroxylation sites is 1. The molecule has 0 bridgehead atoms. The van der Waals surface area contributed by atoms with Crippen molar-refractivity contribution in [2.24, 2.45) is 0 Å². The van der Waals surface area contributed by atoms with Crippen LogP contribution in [0.15, 0.2) is 66.9 Å². The molecular formula is C23H26N2O. The zero-order chi connectivity index (χ0) is 18.4. The molecule has 3 rings (SSSR count). The molecule has 1 amide bonds. The van der Waals surface area contributed by atoms with E-state index >= 15 is 0 Å². The summed E-state index contributed by atoms with van der Waals surface area (Å²) in [5.74, 6) is 0.0259. The highest BCUT2D eigenvalue weighted by Gasteiger charge is 2.34. The minimum Gasteiger partial charge on any atom is -0.323 e. The molecule has 1 aromatic heterocycles. The van der Waals surface area contributed by atoms with Gasteiger partial charge in [-0.3, -0.25) is 9.78 Å². The topological polar surface area (TPSA) is 42.0 Å². The summed E-state index contributed by atoms with van der Waals surface area (Å²) in [5, 5.41) is 4.18. The van der Waals surface area contributed by atoms with Crippen LogP contribution in [0.4, 0.5) is 5.69 Å². The summed E-state index contributed by atoms with van der Waals surface area (Å²) < 4.78 is 0. The van der Waals surface area contributed by atoms with Crippen molar-refractivity contribution >= 4 is 22.5 Å². The number of benzene rings is 2. The van der Waals surface area contributed by atoms with Crippen molar-refractivity contribution in [2.45, 2.75) is 44.9 Å². The van der Waals surface area contributed by atoms with Gasteiger partial charge in [0.25, 0.3) is 0 Å². The fourth-order valence-electron chi connectivity index (χ4n) is 3.39. The van der Waals surface area contributed by atoms with Gasteiger partial charge in [-0.05, 0) is 31.0 Å². The van der Waals surface area contributed by atoms with Gasteiger partial charge in [-0.2, -0.15) is 0 Å². The minimum absolute atomic E-state index is 0.0259. The number of unbranched alkanes of at least 4 members (excludes halogenated alkanes) is 2. The first kappa shape index (κ1) is 18.1. The molecule has 26 heavy (non-hydrogen) atoms. The Hall–Kier alpha value is -2.68. The average Bonchev–Trinajstić information content (AvgIpc) is 2.69. The summed E-state index contributed by atoms with van der Waals surface area (Å²) in [6, 6.07) is 19.9. The lowest BCUT2D eigenvalue weighted by molar-refractivity contribution is -0.121. The maximum Gasteiger partial charge on any atom is 0.234 e. The molecule has 1 atom stereocenters. The molecule has 3 aromatic rings. The fourth-order valence-corrected chi connectivity index (χ4v) is 3.39. The number of aromatic nitrogens is 1. The number of anilines is 1. The lowest BCUT2D eigenvalue weighted by Gasteiger charge is -2.29. The predicted molar refractivity (Wildman–Crippen MR) is 108 cm³/mol. The van der Waals surface area contributed by atoms with Gasteiger partial charge in [0.1, 0.15) is 0 Å². The van der Waals surface area contributed by atoms with Crippen LogP contribution in [-0.4, -0.2) is 10.9 Å². The van der Waals surface area contributed by atoms with Gasteiger partial charge in [-0.1, -0.05) is 74.7 Å².